The summed E-state index contributed by atoms with van der Waals surface area (Å²) in [6.45, 7) is 1.94. The lowest BCUT2D eigenvalue weighted by atomic mass is 10.1. The van der Waals surface area contributed by atoms with E-state index in [1.807, 2.05) is 0 Å². The molecular weight excluding hydrogens is 295 g/mol. The number of hydrogen-bond acceptors (Lipinski definition) is 4. The summed E-state index contributed by atoms with van der Waals surface area (Å²) in [4.78, 5) is 11.9. The summed E-state index contributed by atoms with van der Waals surface area (Å²) in [6, 6.07) is 9.23. The third-order valence-corrected chi connectivity index (χ3v) is 3.05. The molecule has 4 nitrogen and oxygen atoms in total. The van der Waals surface area contributed by atoms with Crippen LogP contribution in [0.3, 0.4) is 0 Å². The maximum atomic E-state index is 13.9. The number of esters is 1. The monoisotopic (exact) mass is 308 g/mol. The second-order valence-electron chi connectivity index (χ2n) is 4.25. The highest BCUT2D eigenvalue weighted by atomic mass is 35.5. The molecule has 0 aliphatic rings. The average Bonchev–Trinajstić information content (AvgIpc) is 2.46. The smallest absolute Gasteiger partial charge is 0.340 e. The van der Waals surface area contributed by atoms with Gasteiger partial charge in [-0.25, -0.2) is 9.18 Å². The molecule has 0 heterocycles. The van der Waals surface area contributed by atoms with Crippen molar-refractivity contribution in [1.29, 1.82) is 0 Å². The summed E-state index contributed by atoms with van der Waals surface area (Å²) in [7, 11) is 0. The summed E-state index contributed by atoms with van der Waals surface area (Å²) in [6.07, 6.45) is 0. The molecule has 0 radical (unpaired) electrons. The largest absolute Gasteiger partial charge is 0.462 e. The maximum Gasteiger partial charge on any atom is 0.340 e. The van der Waals surface area contributed by atoms with Gasteiger partial charge < -0.3 is 15.8 Å². The van der Waals surface area contributed by atoms with Crippen LogP contribution in [0.5, 0.6) is 0 Å². The van der Waals surface area contributed by atoms with Crippen molar-refractivity contribution in [2.24, 2.45) is 0 Å². The predicted molar refractivity (Wildman–Crippen MR) is 81.5 cm³/mol. The van der Waals surface area contributed by atoms with Crippen LogP contribution < -0.4 is 11.1 Å². The Kier molecular flexibility index (Phi) is 4.65. The fourth-order valence-corrected chi connectivity index (χ4v) is 1.97. The van der Waals surface area contributed by atoms with Crippen LogP contribution in [0.1, 0.15) is 17.3 Å². The summed E-state index contributed by atoms with van der Waals surface area (Å²) in [5.74, 6) is -1.12. The number of hydrogen-bond donors (Lipinski definition) is 2. The van der Waals surface area contributed by atoms with Crippen LogP contribution in [0.15, 0.2) is 36.4 Å². The second kappa shape index (κ2) is 6.45. The van der Waals surface area contributed by atoms with Crippen LogP contribution in [-0.2, 0) is 4.74 Å². The van der Waals surface area contributed by atoms with E-state index >= 15 is 0 Å². The highest BCUT2D eigenvalue weighted by Gasteiger charge is 2.15. The molecule has 6 heteroatoms. The Balaban J connectivity index is 2.40. The first-order chi connectivity index (χ1) is 10.0. The number of rotatable bonds is 4. The summed E-state index contributed by atoms with van der Waals surface area (Å²) in [5, 5.41) is 2.83. The van der Waals surface area contributed by atoms with E-state index in [0.29, 0.717) is 11.4 Å². The Morgan fingerprint density at radius 1 is 1.33 bits per heavy atom. The van der Waals surface area contributed by atoms with Crippen molar-refractivity contribution in [2.45, 2.75) is 6.92 Å². The fraction of sp³-hybridized carbons (Fsp3) is 0.133. The lowest BCUT2D eigenvalue weighted by Gasteiger charge is -2.13. The lowest BCUT2D eigenvalue weighted by Crippen LogP contribution is -2.09. The van der Waals surface area contributed by atoms with Gasteiger partial charge in [0.15, 0.2) is 5.82 Å². The van der Waals surface area contributed by atoms with Crippen molar-refractivity contribution in [3.8, 4) is 0 Å². The van der Waals surface area contributed by atoms with Gasteiger partial charge in [0.1, 0.15) is 0 Å². The van der Waals surface area contributed by atoms with Crippen LogP contribution in [-0.4, -0.2) is 12.6 Å². The Morgan fingerprint density at radius 3 is 2.81 bits per heavy atom. The van der Waals surface area contributed by atoms with Crippen molar-refractivity contribution in [1.82, 2.24) is 0 Å². The molecule has 0 bridgehead atoms. The number of carbonyl (C=O) groups is 1. The SMILES string of the molecule is CCOC(=O)c1cc(N)ccc1Nc1cccc(Cl)c1F. The van der Waals surface area contributed by atoms with Gasteiger partial charge in [0, 0.05) is 5.69 Å². The molecule has 0 aromatic heterocycles. The van der Waals surface area contributed by atoms with Crippen LogP contribution in [0.4, 0.5) is 21.5 Å². The predicted octanol–water partition coefficient (Wildman–Crippen LogP) is 3.98. The van der Waals surface area contributed by atoms with Gasteiger partial charge in [-0.1, -0.05) is 17.7 Å². The normalized spacial score (nSPS) is 10.2. The molecule has 2 rings (SSSR count). The molecule has 0 fully saturated rings. The van der Waals surface area contributed by atoms with E-state index in [2.05, 4.69) is 5.32 Å². The Hall–Kier alpha value is -2.27. The van der Waals surface area contributed by atoms with Crippen molar-refractivity contribution in [2.75, 3.05) is 17.7 Å². The molecule has 0 spiro atoms. The minimum atomic E-state index is -0.592. The highest BCUT2D eigenvalue weighted by Crippen LogP contribution is 2.28. The number of ether oxygens (including phenoxy) is 1. The summed E-state index contributed by atoms with van der Waals surface area (Å²) < 4.78 is 18.9. The molecule has 0 saturated heterocycles. The molecule has 21 heavy (non-hydrogen) atoms. The number of halogens is 2. The van der Waals surface area contributed by atoms with E-state index in [1.54, 1.807) is 25.1 Å². The first kappa shape index (κ1) is 15.1. The number of benzene rings is 2. The number of carbonyl (C=O) groups excluding carboxylic acids is 1. The average molecular weight is 309 g/mol. The van der Waals surface area contributed by atoms with Crippen molar-refractivity contribution in [3.63, 3.8) is 0 Å². The first-order valence-electron chi connectivity index (χ1n) is 6.30. The van der Waals surface area contributed by atoms with E-state index in [9.17, 15) is 9.18 Å². The van der Waals surface area contributed by atoms with Gasteiger partial charge in [-0.15, -0.1) is 0 Å². The minimum absolute atomic E-state index is 0.00636. The van der Waals surface area contributed by atoms with Crippen molar-refractivity contribution >= 4 is 34.6 Å². The summed E-state index contributed by atoms with van der Waals surface area (Å²) >= 11 is 5.73. The fourth-order valence-electron chi connectivity index (χ4n) is 1.79. The second-order valence-corrected chi connectivity index (χ2v) is 4.66. The van der Waals surface area contributed by atoms with E-state index in [-0.39, 0.29) is 22.9 Å². The quantitative estimate of drug-likeness (QED) is 0.662. The molecule has 0 saturated carbocycles. The van der Waals surface area contributed by atoms with Gasteiger partial charge in [-0.05, 0) is 37.3 Å². The van der Waals surface area contributed by atoms with E-state index in [4.69, 9.17) is 22.1 Å². The van der Waals surface area contributed by atoms with Gasteiger partial charge in [0.25, 0.3) is 0 Å². The molecular formula is C15H14ClFN2O2. The number of nitrogens with two attached hydrogens (primary N) is 1. The number of nitrogen functional groups attached to an aromatic ring is 1. The van der Waals surface area contributed by atoms with Gasteiger partial charge in [-0.3, -0.25) is 0 Å². The third-order valence-electron chi connectivity index (χ3n) is 2.76. The Bertz CT molecular complexity index is 677. The van der Waals surface area contributed by atoms with Crippen LogP contribution in [0.25, 0.3) is 0 Å². The highest BCUT2D eigenvalue weighted by molar-refractivity contribution is 6.31. The molecule has 2 aromatic carbocycles. The lowest BCUT2D eigenvalue weighted by molar-refractivity contribution is 0.0527. The van der Waals surface area contributed by atoms with Crippen LogP contribution in [0, 0.1) is 5.82 Å². The van der Waals surface area contributed by atoms with Crippen molar-refractivity contribution < 1.29 is 13.9 Å². The van der Waals surface area contributed by atoms with E-state index < -0.39 is 11.8 Å². The first-order valence-corrected chi connectivity index (χ1v) is 6.68. The topological polar surface area (TPSA) is 64.3 Å². The maximum absolute atomic E-state index is 13.9. The molecule has 0 aliphatic heterocycles. The van der Waals surface area contributed by atoms with E-state index in [0.717, 1.165) is 0 Å². The third kappa shape index (κ3) is 3.44. The Labute approximate surface area is 126 Å². The van der Waals surface area contributed by atoms with Crippen LogP contribution >= 0.6 is 11.6 Å². The minimum Gasteiger partial charge on any atom is -0.462 e. The molecule has 0 unspecified atom stereocenters. The number of nitrogens with one attached hydrogen (secondary N) is 1. The van der Waals surface area contributed by atoms with E-state index in [1.165, 1.54) is 18.2 Å². The molecule has 3 N–H and O–H groups in total. The zero-order valence-corrected chi connectivity index (χ0v) is 12.1. The summed E-state index contributed by atoms with van der Waals surface area (Å²) in [5.41, 5.74) is 6.88. The van der Waals surface area contributed by atoms with Gasteiger partial charge in [0.2, 0.25) is 0 Å². The van der Waals surface area contributed by atoms with Crippen molar-refractivity contribution in [3.05, 3.63) is 52.8 Å². The molecule has 0 amide bonds. The number of anilines is 3. The van der Waals surface area contributed by atoms with Gasteiger partial charge in [0.05, 0.1) is 28.6 Å². The zero-order valence-electron chi connectivity index (χ0n) is 11.3. The van der Waals surface area contributed by atoms with Gasteiger partial charge >= 0.3 is 5.97 Å². The van der Waals surface area contributed by atoms with Gasteiger partial charge in [-0.2, -0.15) is 0 Å². The molecule has 0 aliphatic carbocycles. The molecule has 0 atom stereocenters. The Morgan fingerprint density at radius 2 is 2.10 bits per heavy atom. The zero-order chi connectivity index (χ0) is 15.4. The molecule has 110 valence electrons. The standard InChI is InChI=1S/C15H14ClFN2O2/c1-2-21-15(20)10-8-9(18)6-7-12(10)19-13-5-3-4-11(16)14(13)17/h3-8,19H,2,18H2,1H3. The van der Waals surface area contributed by atoms with Crippen LogP contribution in [0.2, 0.25) is 5.02 Å². The molecule has 2 aromatic rings.